The molecule has 0 saturated carbocycles. The molecular formula is C17H24N4OS. The molecule has 0 bridgehead atoms. The number of thiazole rings is 1. The Bertz CT molecular complexity index is 639. The highest BCUT2D eigenvalue weighted by Crippen LogP contribution is 2.17. The van der Waals surface area contributed by atoms with Crippen molar-refractivity contribution >= 4 is 17.3 Å². The molecule has 5 nitrogen and oxygen atoms in total. The fourth-order valence-electron chi connectivity index (χ4n) is 2.11. The molecule has 2 aromatic rings. The van der Waals surface area contributed by atoms with Gasteiger partial charge >= 0.3 is 0 Å². The third-order valence-corrected chi connectivity index (χ3v) is 4.32. The summed E-state index contributed by atoms with van der Waals surface area (Å²) in [7, 11) is 1.68. The summed E-state index contributed by atoms with van der Waals surface area (Å²) >= 11 is 1.70. The topological polar surface area (TPSA) is 58.5 Å². The van der Waals surface area contributed by atoms with Gasteiger partial charge in [-0.3, -0.25) is 0 Å². The van der Waals surface area contributed by atoms with Crippen molar-refractivity contribution in [3.05, 3.63) is 45.9 Å². The number of nitrogens with zero attached hydrogens (tertiary/aromatic N) is 2. The molecule has 1 aromatic carbocycles. The molecular weight excluding hydrogens is 308 g/mol. The van der Waals surface area contributed by atoms with E-state index in [1.54, 1.807) is 18.4 Å². The van der Waals surface area contributed by atoms with E-state index in [0.717, 1.165) is 40.9 Å². The Labute approximate surface area is 141 Å². The van der Waals surface area contributed by atoms with Crippen LogP contribution in [0.4, 0.5) is 0 Å². The monoisotopic (exact) mass is 332 g/mol. The SMILES string of the molecule is CCNC(=NCc1ccccc1OC)NCc1csc(CC)n1. The molecule has 0 fully saturated rings. The molecule has 0 atom stereocenters. The lowest BCUT2D eigenvalue weighted by Gasteiger charge is -2.11. The van der Waals surface area contributed by atoms with Gasteiger partial charge < -0.3 is 15.4 Å². The van der Waals surface area contributed by atoms with Gasteiger partial charge in [-0.15, -0.1) is 11.3 Å². The predicted octanol–water partition coefficient (Wildman–Crippen LogP) is 2.97. The first-order valence-electron chi connectivity index (χ1n) is 7.84. The molecule has 124 valence electrons. The number of nitrogens with one attached hydrogen (secondary N) is 2. The lowest BCUT2D eigenvalue weighted by molar-refractivity contribution is 0.410. The van der Waals surface area contributed by atoms with Gasteiger partial charge in [0.1, 0.15) is 5.75 Å². The van der Waals surface area contributed by atoms with Crippen molar-refractivity contribution in [2.75, 3.05) is 13.7 Å². The predicted molar refractivity (Wildman–Crippen MR) is 96.1 cm³/mol. The van der Waals surface area contributed by atoms with E-state index >= 15 is 0 Å². The standard InChI is InChI=1S/C17H24N4OS/c1-4-16-21-14(12-23-16)11-20-17(18-5-2)19-10-13-8-6-7-9-15(13)22-3/h6-9,12H,4-5,10-11H2,1-3H3,(H2,18,19,20). The molecule has 23 heavy (non-hydrogen) atoms. The molecule has 2 rings (SSSR count). The Morgan fingerprint density at radius 3 is 2.78 bits per heavy atom. The van der Waals surface area contributed by atoms with Gasteiger partial charge in [-0.1, -0.05) is 25.1 Å². The minimum atomic E-state index is 0.566. The Balaban J connectivity index is 1.99. The second-order valence-electron chi connectivity index (χ2n) is 4.95. The molecule has 0 unspecified atom stereocenters. The van der Waals surface area contributed by atoms with Gasteiger partial charge in [0.05, 0.1) is 30.9 Å². The molecule has 0 saturated heterocycles. The highest BCUT2D eigenvalue weighted by atomic mass is 32.1. The van der Waals surface area contributed by atoms with Crippen LogP contribution < -0.4 is 15.4 Å². The van der Waals surface area contributed by atoms with Crippen LogP contribution in [0.2, 0.25) is 0 Å². The fourth-order valence-corrected chi connectivity index (χ4v) is 2.85. The number of ether oxygens (including phenoxy) is 1. The molecule has 1 aromatic heterocycles. The summed E-state index contributed by atoms with van der Waals surface area (Å²) in [6.07, 6.45) is 0.979. The fraction of sp³-hybridized carbons (Fsp3) is 0.412. The van der Waals surface area contributed by atoms with Crippen molar-refractivity contribution < 1.29 is 4.74 Å². The van der Waals surface area contributed by atoms with Crippen LogP contribution in [0.5, 0.6) is 5.75 Å². The maximum atomic E-state index is 5.36. The first-order valence-corrected chi connectivity index (χ1v) is 8.72. The number of rotatable bonds is 7. The van der Waals surface area contributed by atoms with Crippen molar-refractivity contribution in [2.24, 2.45) is 4.99 Å². The third kappa shape index (κ3) is 5.25. The highest BCUT2D eigenvalue weighted by molar-refractivity contribution is 7.09. The molecule has 0 spiro atoms. The van der Waals surface area contributed by atoms with E-state index in [1.165, 1.54) is 0 Å². The lowest BCUT2D eigenvalue weighted by Crippen LogP contribution is -2.36. The largest absolute Gasteiger partial charge is 0.496 e. The van der Waals surface area contributed by atoms with E-state index in [4.69, 9.17) is 4.74 Å². The number of aliphatic imine (C=N–C) groups is 1. The van der Waals surface area contributed by atoms with Gasteiger partial charge in [-0.05, 0) is 19.4 Å². The number of guanidine groups is 1. The number of methoxy groups -OCH3 is 1. The summed E-state index contributed by atoms with van der Waals surface area (Å²) in [6.45, 7) is 6.23. The molecule has 2 N–H and O–H groups in total. The number of benzene rings is 1. The van der Waals surface area contributed by atoms with Crippen LogP contribution in [0, 0.1) is 0 Å². The van der Waals surface area contributed by atoms with E-state index in [2.05, 4.69) is 39.8 Å². The van der Waals surface area contributed by atoms with Crippen molar-refractivity contribution in [3.8, 4) is 5.75 Å². The molecule has 0 aliphatic rings. The average Bonchev–Trinajstić information content (AvgIpc) is 3.05. The molecule has 0 aliphatic heterocycles. The summed E-state index contributed by atoms with van der Waals surface area (Å²) in [5, 5.41) is 9.84. The first kappa shape index (κ1) is 17.3. The van der Waals surface area contributed by atoms with E-state index in [1.807, 2.05) is 24.3 Å². The van der Waals surface area contributed by atoms with Crippen LogP contribution in [0.1, 0.15) is 30.1 Å². The molecule has 0 radical (unpaired) electrons. The van der Waals surface area contributed by atoms with Gasteiger partial charge in [0, 0.05) is 17.5 Å². The second kappa shape index (κ2) is 9.15. The number of aromatic nitrogens is 1. The van der Waals surface area contributed by atoms with Gasteiger partial charge in [-0.2, -0.15) is 0 Å². The van der Waals surface area contributed by atoms with Crippen LogP contribution in [-0.2, 0) is 19.5 Å². The molecule has 0 amide bonds. The average molecular weight is 332 g/mol. The van der Waals surface area contributed by atoms with Crippen molar-refractivity contribution in [1.82, 2.24) is 15.6 Å². The molecule has 0 aliphatic carbocycles. The van der Waals surface area contributed by atoms with Crippen LogP contribution in [0.15, 0.2) is 34.6 Å². The van der Waals surface area contributed by atoms with E-state index in [0.29, 0.717) is 13.1 Å². The highest BCUT2D eigenvalue weighted by Gasteiger charge is 2.04. The van der Waals surface area contributed by atoms with E-state index < -0.39 is 0 Å². The van der Waals surface area contributed by atoms with E-state index in [9.17, 15) is 0 Å². The Hall–Kier alpha value is -2.08. The quantitative estimate of drug-likeness (QED) is 0.604. The summed E-state index contributed by atoms with van der Waals surface area (Å²) in [4.78, 5) is 9.18. The van der Waals surface area contributed by atoms with Gasteiger partial charge in [0.25, 0.3) is 0 Å². The summed E-state index contributed by atoms with van der Waals surface area (Å²) < 4.78 is 5.36. The van der Waals surface area contributed by atoms with Crippen LogP contribution in [0.3, 0.4) is 0 Å². The molecule has 1 heterocycles. The first-order chi connectivity index (χ1) is 11.3. The van der Waals surface area contributed by atoms with Crippen LogP contribution >= 0.6 is 11.3 Å². The minimum Gasteiger partial charge on any atom is -0.496 e. The van der Waals surface area contributed by atoms with Gasteiger partial charge in [0.2, 0.25) is 0 Å². The molecule has 6 heteroatoms. The van der Waals surface area contributed by atoms with Crippen molar-refractivity contribution in [3.63, 3.8) is 0 Å². The van der Waals surface area contributed by atoms with Gasteiger partial charge in [-0.25, -0.2) is 9.98 Å². The number of hydrogen-bond donors (Lipinski definition) is 2. The van der Waals surface area contributed by atoms with E-state index in [-0.39, 0.29) is 0 Å². The van der Waals surface area contributed by atoms with Gasteiger partial charge in [0.15, 0.2) is 5.96 Å². The zero-order chi connectivity index (χ0) is 16.5. The minimum absolute atomic E-state index is 0.566. The number of hydrogen-bond acceptors (Lipinski definition) is 4. The Kier molecular flexibility index (Phi) is 6.87. The summed E-state index contributed by atoms with van der Waals surface area (Å²) in [5.41, 5.74) is 2.11. The number of aryl methyl sites for hydroxylation is 1. The normalized spacial score (nSPS) is 11.3. The number of para-hydroxylation sites is 1. The van der Waals surface area contributed by atoms with Crippen LogP contribution in [-0.4, -0.2) is 24.6 Å². The second-order valence-corrected chi connectivity index (χ2v) is 5.89. The van der Waals surface area contributed by atoms with Crippen molar-refractivity contribution in [1.29, 1.82) is 0 Å². The zero-order valence-electron chi connectivity index (χ0n) is 13.9. The van der Waals surface area contributed by atoms with Crippen molar-refractivity contribution in [2.45, 2.75) is 33.4 Å². The maximum Gasteiger partial charge on any atom is 0.191 e. The zero-order valence-corrected chi connectivity index (χ0v) is 14.7. The summed E-state index contributed by atoms with van der Waals surface area (Å²) in [6, 6.07) is 7.94. The Morgan fingerprint density at radius 1 is 1.26 bits per heavy atom. The van der Waals surface area contributed by atoms with Crippen LogP contribution in [0.25, 0.3) is 0 Å². The lowest BCUT2D eigenvalue weighted by atomic mass is 10.2. The maximum absolute atomic E-state index is 5.36. The third-order valence-electron chi connectivity index (χ3n) is 3.28. The summed E-state index contributed by atoms with van der Waals surface area (Å²) in [5.74, 6) is 1.64. The smallest absolute Gasteiger partial charge is 0.191 e. The Morgan fingerprint density at radius 2 is 2.09 bits per heavy atom.